The summed E-state index contributed by atoms with van der Waals surface area (Å²) in [4.78, 5) is 10.2. The Bertz CT molecular complexity index is 376. The Balaban J connectivity index is -0.000000152. The van der Waals surface area contributed by atoms with Crippen LogP contribution in [-0.2, 0) is 4.79 Å². The number of aliphatic carboxylic acids is 1. The fraction of sp³-hybridized carbons (Fsp3) is 0.500. The number of aliphatic hydroxyl groups excluding tert-OH is 3. The number of hydrogen-bond acceptors (Lipinski definition) is 6. The van der Waals surface area contributed by atoms with E-state index in [1.807, 2.05) is 0 Å². The molecule has 0 aromatic heterocycles. The lowest BCUT2D eigenvalue weighted by Gasteiger charge is -2.04. The normalized spacial score (nSPS) is 7.83. The van der Waals surface area contributed by atoms with Crippen LogP contribution in [0, 0.1) is 0 Å². The van der Waals surface area contributed by atoms with Gasteiger partial charge in [-0.25, -0.2) is 4.79 Å². The Hall–Kier alpha value is -1.09. The standard InChI is InChI=1S/C8H6Cl2O3.3C2H6O.H3N/c9-5-1-2-7(6(10)3-5)13-4-8(11)12;3*1-2-3;/h1-3H,4H2,(H,11,12);3*3H,2H2,1H3;1H3. The molecule has 138 valence electrons. The van der Waals surface area contributed by atoms with Crippen molar-refractivity contribution in [2.24, 2.45) is 0 Å². The highest BCUT2D eigenvalue weighted by Crippen LogP contribution is 2.27. The Morgan fingerprint density at radius 3 is 1.74 bits per heavy atom. The third-order valence-corrected chi connectivity index (χ3v) is 1.78. The smallest absolute Gasteiger partial charge is 0.341 e. The van der Waals surface area contributed by atoms with Crippen LogP contribution in [0.5, 0.6) is 5.75 Å². The Kier molecular flexibility index (Phi) is 30.1. The van der Waals surface area contributed by atoms with E-state index in [1.165, 1.54) is 12.1 Å². The predicted molar refractivity (Wildman–Crippen MR) is 92.9 cm³/mol. The Morgan fingerprint density at radius 1 is 1.04 bits per heavy atom. The van der Waals surface area contributed by atoms with Crippen molar-refractivity contribution in [2.45, 2.75) is 20.8 Å². The predicted octanol–water partition coefficient (Wildman–Crippen LogP) is 2.61. The third-order valence-electron chi connectivity index (χ3n) is 1.25. The van der Waals surface area contributed by atoms with Gasteiger partial charge in [-0.3, -0.25) is 0 Å². The van der Waals surface area contributed by atoms with Gasteiger partial charge in [0.15, 0.2) is 6.61 Å². The van der Waals surface area contributed by atoms with Crippen molar-refractivity contribution < 1.29 is 30.0 Å². The lowest BCUT2D eigenvalue weighted by Crippen LogP contribution is -2.09. The van der Waals surface area contributed by atoms with E-state index in [1.54, 1.807) is 26.8 Å². The number of aliphatic hydroxyl groups is 3. The molecule has 7 nitrogen and oxygen atoms in total. The quantitative estimate of drug-likeness (QED) is 0.546. The molecule has 0 spiro atoms. The first-order chi connectivity index (χ1) is 10.3. The molecule has 23 heavy (non-hydrogen) atoms. The molecule has 0 atom stereocenters. The van der Waals surface area contributed by atoms with Crippen molar-refractivity contribution in [3.63, 3.8) is 0 Å². The molecule has 1 rings (SSSR count). The van der Waals surface area contributed by atoms with Crippen LogP contribution in [-0.4, -0.2) is 52.8 Å². The molecule has 7 N–H and O–H groups in total. The number of carboxylic acids is 1. The van der Waals surface area contributed by atoms with Crippen molar-refractivity contribution in [2.75, 3.05) is 26.4 Å². The molecule has 0 fully saturated rings. The third kappa shape index (κ3) is 26.1. The van der Waals surface area contributed by atoms with Crippen LogP contribution in [0.1, 0.15) is 20.8 Å². The molecule has 1 aromatic carbocycles. The molecule has 0 bridgehead atoms. The van der Waals surface area contributed by atoms with Crippen LogP contribution in [0.4, 0.5) is 0 Å². The molecule has 0 aliphatic rings. The maximum absolute atomic E-state index is 10.2. The number of halogens is 2. The number of hydrogen-bond donors (Lipinski definition) is 5. The average molecular weight is 376 g/mol. The lowest BCUT2D eigenvalue weighted by molar-refractivity contribution is -0.139. The summed E-state index contributed by atoms with van der Waals surface area (Å²) in [6.07, 6.45) is 0. The topological polar surface area (TPSA) is 142 Å². The van der Waals surface area contributed by atoms with Crippen LogP contribution in [0.25, 0.3) is 0 Å². The van der Waals surface area contributed by atoms with Crippen molar-refractivity contribution in [1.82, 2.24) is 6.15 Å². The van der Waals surface area contributed by atoms with Crippen LogP contribution in [0.2, 0.25) is 10.0 Å². The van der Waals surface area contributed by atoms with E-state index in [-0.39, 0.29) is 26.0 Å². The molecular formula is C14H27Cl2NO6. The van der Waals surface area contributed by atoms with Crippen molar-refractivity contribution in [3.8, 4) is 5.75 Å². The first kappa shape index (κ1) is 29.9. The zero-order valence-corrected chi connectivity index (χ0v) is 15.1. The van der Waals surface area contributed by atoms with E-state index in [2.05, 4.69) is 0 Å². The van der Waals surface area contributed by atoms with Crippen LogP contribution in [0.3, 0.4) is 0 Å². The van der Waals surface area contributed by atoms with Gasteiger partial charge in [-0.1, -0.05) is 23.2 Å². The summed E-state index contributed by atoms with van der Waals surface area (Å²) in [7, 11) is 0. The second-order valence-corrected chi connectivity index (χ2v) is 4.05. The molecular weight excluding hydrogens is 349 g/mol. The minimum atomic E-state index is -1.05. The highest BCUT2D eigenvalue weighted by atomic mass is 35.5. The number of carboxylic acid groups (broad SMARTS) is 1. The number of ether oxygens (including phenoxy) is 1. The molecule has 0 amide bonds. The van der Waals surface area contributed by atoms with E-state index in [4.69, 9.17) is 48.4 Å². The summed E-state index contributed by atoms with van der Waals surface area (Å²) in [6, 6.07) is 4.58. The lowest BCUT2D eigenvalue weighted by atomic mass is 10.3. The van der Waals surface area contributed by atoms with Gasteiger partial charge in [0.2, 0.25) is 0 Å². The van der Waals surface area contributed by atoms with Gasteiger partial charge in [-0.05, 0) is 39.0 Å². The van der Waals surface area contributed by atoms with E-state index in [9.17, 15) is 4.79 Å². The zero-order valence-electron chi connectivity index (χ0n) is 13.6. The first-order valence-electron chi connectivity index (χ1n) is 6.46. The van der Waals surface area contributed by atoms with E-state index in [0.29, 0.717) is 15.8 Å². The SMILES string of the molecule is CCO.CCO.CCO.N.O=C(O)COc1ccc(Cl)cc1Cl. The van der Waals surface area contributed by atoms with Gasteiger partial charge in [0.1, 0.15) is 5.75 Å². The highest BCUT2D eigenvalue weighted by Gasteiger charge is 2.04. The maximum Gasteiger partial charge on any atom is 0.341 e. The molecule has 0 aliphatic heterocycles. The average Bonchev–Trinajstić information content (AvgIpc) is 2.40. The van der Waals surface area contributed by atoms with E-state index >= 15 is 0 Å². The maximum atomic E-state index is 10.2. The first-order valence-corrected chi connectivity index (χ1v) is 7.22. The van der Waals surface area contributed by atoms with E-state index in [0.717, 1.165) is 0 Å². The second-order valence-electron chi connectivity index (χ2n) is 3.21. The van der Waals surface area contributed by atoms with Gasteiger partial charge in [-0.2, -0.15) is 0 Å². The fourth-order valence-corrected chi connectivity index (χ4v) is 1.19. The van der Waals surface area contributed by atoms with Crippen molar-refractivity contribution in [3.05, 3.63) is 28.2 Å². The molecule has 0 heterocycles. The van der Waals surface area contributed by atoms with Crippen LogP contribution < -0.4 is 10.9 Å². The highest BCUT2D eigenvalue weighted by molar-refractivity contribution is 6.35. The van der Waals surface area contributed by atoms with Crippen molar-refractivity contribution in [1.29, 1.82) is 0 Å². The monoisotopic (exact) mass is 375 g/mol. The minimum Gasteiger partial charge on any atom is -0.480 e. The summed E-state index contributed by atoms with van der Waals surface area (Å²) in [5.74, 6) is -0.737. The number of rotatable bonds is 3. The van der Waals surface area contributed by atoms with Gasteiger partial charge >= 0.3 is 5.97 Å². The fourth-order valence-electron chi connectivity index (χ4n) is 0.732. The van der Waals surface area contributed by atoms with Crippen LogP contribution in [0.15, 0.2) is 18.2 Å². The number of carbonyl (C=O) groups is 1. The van der Waals surface area contributed by atoms with Gasteiger partial charge in [0, 0.05) is 24.8 Å². The van der Waals surface area contributed by atoms with Gasteiger partial charge in [0.25, 0.3) is 0 Å². The largest absolute Gasteiger partial charge is 0.480 e. The Morgan fingerprint density at radius 2 is 1.43 bits per heavy atom. The summed E-state index contributed by atoms with van der Waals surface area (Å²) < 4.78 is 4.86. The second kappa shape index (κ2) is 23.2. The summed E-state index contributed by atoms with van der Waals surface area (Å²) in [5, 5.41) is 31.8. The molecule has 0 radical (unpaired) electrons. The number of benzene rings is 1. The van der Waals surface area contributed by atoms with Gasteiger partial charge < -0.3 is 31.3 Å². The molecule has 9 heteroatoms. The zero-order chi connectivity index (χ0) is 18.0. The van der Waals surface area contributed by atoms with Gasteiger partial charge in [-0.15, -0.1) is 0 Å². The van der Waals surface area contributed by atoms with Crippen molar-refractivity contribution >= 4 is 29.2 Å². The summed E-state index contributed by atoms with van der Waals surface area (Å²) in [6.45, 7) is 5.38. The molecule has 0 unspecified atom stereocenters. The molecule has 0 saturated heterocycles. The summed E-state index contributed by atoms with van der Waals surface area (Å²) >= 11 is 11.3. The van der Waals surface area contributed by atoms with E-state index < -0.39 is 12.6 Å². The van der Waals surface area contributed by atoms with Gasteiger partial charge in [0.05, 0.1) is 5.02 Å². The molecule has 0 aliphatic carbocycles. The Labute approximate surface area is 147 Å². The molecule has 1 aromatic rings. The summed E-state index contributed by atoms with van der Waals surface area (Å²) in [5.41, 5.74) is 0. The molecule has 0 saturated carbocycles. The minimum absolute atomic E-state index is 0. The van der Waals surface area contributed by atoms with Crippen LogP contribution >= 0.6 is 23.2 Å².